The number of nitriles is 1. The third-order valence-corrected chi connectivity index (χ3v) is 1.81. The number of hydrogen-bond acceptors (Lipinski definition) is 3. The van der Waals surface area contributed by atoms with Crippen molar-refractivity contribution in [3.05, 3.63) is 23.1 Å². The third kappa shape index (κ3) is 2.18. The molecular weight excluding hydrogens is 209 g/mol. The average Bonchev–Trinajstić information content (AvgIpc) is 2.20. The van der Waals surface area contributed by atoms with E-state index in [4.69, 9.17) is 5.26 Å². The molecule has 3 nitrogen and oxygen atoms in total. The molecule has 0 fully saturated rings. The summed E-state index contributed by atoms with van der Waals surface area (Å²) in [7, 11) is 1.16. The number of alkyl halides is 2. The van der Waals surface area contributed by atoms with Crippen LogP contribution in [0.2, 0.25) is 0 Å². The second-order valence-electron chi connectivity index (χ2n) is 2.64. The van der Waals surface area contributed by atoms with Crippen LogP contribution in [-0.2, 0) is 6.42 Å². The van der Waals surface area contributed by atoms with Crippen molar-refractivity contribution < 1.29 is 17.9 Å². The van der Waals surface area contributed by atoms with Gasteiger partial charge in [-0.3, -0.25) is 0 Å². The van der Waals surface area contributed by atoms with Gasteiger partial charge in [-0.1, -0.05) is 0 Å². The van der Waals surface area contributed by atoms with Gasteiger partial charge >= 0.3 is 0 Å². The van der Waals surface area contributed by atoms with Crippen LogP contribution in [-0.4, -0.2) is 12.1 Å². The lowest BCUT2D eigenvalue weighted by molar-refractivity contribution is 0.144. The maximum Gasteiger partial charge on any atom is 0.269 e. The van der Waals surface area contributed by atoms with Crippen molar-refractivity contribution in [1.82, 2.24) is 4.98 Å². The van der Waals surface area contributed by atoms with Gasteiger partial charge in [0.05, 0.1) is 31.4 Å². The molecule has 0 radical (unpaired) electrons. The number of hydrogen-bond donors (Lipinski definition) is 0. The molecule has 6 heteroatoms. The smallest absolute Gasteiger partial charge is 0.269 e. The Morgan fingerprint density at radius 1 is 1.60 bits per heavy atom. The Kier molecular flexibility index (Phi) is 3.50. The van der Waals surface area contributed by atoms with Gasteiger partial charge in [0.1, 0.15) is 5.82 Å². The number of halogens is 3. The van der Waals surface area contributed by atoms with Gasteiger partial charge in [-0.25, -0.2) is 18.2 Å². The Hall–Kier alpha value is -1.77. The maximum atomic E-state index is 13.1. The minimum absolute atomic E-state index is 0.350. The molecule has 0 aliphatic rings. The van der Waals surface area contributed by atoms with Crippen molar-refractivity contribution in [3.8, 4) is 11.9 Å². The zero-order chi connectivity index (χ0) is 11.4. The van der Waals surface area contributed by atoms with Crippen molar-refractivity contribution >= 4 is 0 Å². The van der Waals surface area contributed by atoms with E-state index in [1.807, 2.05) is 0 Å². The predicted octanol–water partition coefficient (Wildman–Crippen LogP) is 2.23. The summed E-state index contributed by atoms with van der Waals surface area (Å²) in [4.78, 5) is 3.37. The predicted molar refractivity (Wildman–Crippen MR) is 45.0 cm³/mol. The highest BCUT2D eigenvalue weighted by molar-refractivity contribution is 5.38. The first kappa shape index (κ1) is 11.3. The highest BCUT2D eigenvalue weighted by Gasteiger charge is 2.23. The first-order chi connectivity index (χ1) is 7.11. The number of nitrogens with zero attached hydrogens (tertiary/aromatic N) is 2. The number of methoxy groups -OCH3 is 1. The topological polar surface area (TPSA) is 45.9 Å². The van der Waals surface area contributed by atoms with Crippen LogP contribution in [0.25, 0.3) is 0 Å². The molecule has 0 spiro atoms. The minimum Gasteiger partial charge on any atom is -0.481 e. The third-order valence-electron chi connectivity index (χ3n) is 1.81. The van der Waals surface area contributed by atoms with Gasteiger partial charge in [0, 0.05) is 5.56 Å². The molecule has 0 atom stereocenters. The molecule has 0 unspecified atom stereocenters. The van der Waals surface area contributed by atoms with Crippen molar-refractivity contribution in [2.45, 2.75) is 12.8 Å². The van der Waals surface area contributed by atoms with Crippen LogP contribution in [0.5, 0.6) is 5.88 Å². The van der Waals surface area contributed by atoms with E-state index in [1.165, 1.54) is 0 Å². The molecule has 1 heterocycles. The lowest BCUT2D eigenvalue weighted by atomic mass is 10.1. The summed E-state index contributed by atoms with van der Waals surface area (Å²) in [6, 6.07) is 1.61. The summed E-state index contributed by atoms with van der Waals surface area (Å²) in [5.74, 6) is -1.27. The van der Waals surface area contributed by atoms with E-state index in [1.54, 1.807) is 6.07 Å². The largest absolute Gasteiger partial charge is 0.481 e. The van der Waals surface area contributed by atoms with Crippen molar-refractivity contribution in [2.24, 2.45) is 0 Å². The van der Waals surface area contributed by atoms with E-state index >= 15 is 0 Å². The van der Waals surface area contributed by atoms with Gasteiger partial charge in [0.25, 0.3) is 6.43 Å². The van der Waals surface area contributed by atoms with Crippen molar-refractivity contribution in [2.75, 3.05) is 7.11 Å². The summed E-state index contributed by atoms with van der Waals surface area (Å²) < 4.78 is 42.9. The van der Waals surface area contributed by atoms with E-state index in [2.05, 4.69) is 9.72 Å². The fourth-order valence-corrected chi connectivity index (χ4v) is 1.17. The summed E-state index contributed by atoms with van der Waals surface area (Å²) in [5.41, 5.74) is -1.02. The van der Waals surface area contributed by atoms with Gasteiger partial charge in [0.15, 0.2) is 0 Å². The normalized spacial score (nSPS) is 10.1. The van der Waals surface area contributed by atoms with Crippen LogP contribution in [0, 0.1) is 17.1 Å². The summed E-state index contributed by atoms with van der Waals surface area (Å²) in [6.07, 6.45) is -2.60. The van der Waals surface area contributed by atoms with Gasteiger partial charge in [-0.2, -0.15) is 5.26 Å². The van der Waals surface area contributed by atoms with Crippen molar-refractivity contribution in [3.63, 3.8) is 0 Å². The Bertz CT molecular complexity index is 401. The molecule has 0 bridgehead atoms. The Balaban J connectivity index is 3.38. The Morgan fingerprint density at radius 3 is 2.73 bits per heavy atom. The first-order valence-electron chi connectivity index (χ1n) is 3.98. The van der Waals surface area contributed by atoms with Crippen LogP contribution >= 0.6 is 0 Å². The SMILES string of the molecule is COc1ncc(F)c(CC#N)c1C(F)F. The van der Waals surface area contributed by atoms with Crippen LogP contribution in [0.4, 0.5) is 13.2 Å². The standard InChI is InChI=1S/C9H7F3N2O/c1-15-9-7(8(11)12)5(2-3-13)6(10)4-14-9/h4,8H,2H2,1H3. The van der Waals surface area contributed by atoms with E-state index in [0.717, 1.165) is 13.3 Å². The molecule has 1 rings (SSSR count). The molecule has 0 aliphatic heterocycles. The number of rotatable bonds is 3. The van der Waals surface area contributed by atoms with Crippen LogP contribution < -0.4 is 4.74 Å². The van der Waals surface area contributed by atoms with E-state index in [-0.39, 0.29) is 11.4 Å². The van der Waals surface area contributed by atoms with Crippen molar-refractivity contribution in [1.29, 1.82) is 5.26 Å². The fraction of sp³-hybridized carbons (Fsp3) is 0.333. The van der Waals surface area contributed by atoms with Crippen LogP contribution in [0.1, 0.15) is 17.6 Å². The number of ether oxygens (including phenoxy) is 1. The lowest BCUT2D eigenvalue weighted by Gasteiger charge is -2.10. The lowest BCUT2D eigenvalue weighted by Crippen LogP contribution is -2.04. The zero-order valence-corrected chi connectivity index (χ0v) is 7.80. The maximum absolute atomic E-state index is 13.1. The molecule has 0 saturated heterocycles. The summed E-state index contributed by atoms with van der Waals surface area (Å²) in [6.45, 7) is 0. The highest BCUT2D eigenvalue weighted by atomic mass is 19.3. The second kappa shape index (κ2) is 4.64. The van der Waals surface area contributed by atoms with Crippen LogP contribution in [0.3, 0.4) is 0 Å². The average molecular weight is 216 g/mol. The molecule has 0 N–H and O–H groups in total. The Morgan fingerprint density at radius 2 is 2.27 bits per heavy atom. The van der Waals surface area contributed by atoms with E-state index in [0.29, 0.717) is 0 Å². The number of pyridine rings is 1. The van der Waals surface area contributed by atoms with Gasteiger partial charge < -0.3 is 4.74 Å². The quantitative estimate of drug-likeness (QED) is 0.778. The zero-order valence-electron chi connectivity index (χ0n) is 7.80. The number of aromatic nitrogens is 1. The second-order valence-corrected chi connectivity index (χ2v) is 2.64. The summed E-state index contributed by atoms with van der Waals surface area (Å²) in [5, 5.41) is 8.39. The molecule has 1 aromatic rings. The van der Waals surface area contributed by atoms with Gasteiger partial charge in [-0.15, -0.1) is 0 Å². The van der Waals surface area contributed by atoms with Gasteiger partial charge in [0.2, 0.25) is 5.88 Å². The molecule has 0 saturated carbocycles. The molecule has 0 aromatic carbocycles. The fourth-order valence-electron chi connectivity index (χ4n) is 1.17. The first-order valence-corrected chi connectivity index (χ1v) is 3.98. The van der Waals surface area contributed by atoms with Gasteiger partial charge in [-0.05, 0) is 0 Å². The molecule has 0 aliphatic carbocycles. The highest BCUT2D eigenvalue weighted by Crippen LogP contribution is 2.31. The van der Waals surface area contributed by atoms with E-state index < -0.39 is 24.2 Å². The molecule has 80 valence electrons. The van der Waals surface area contributed by atoms with Crippen LogP contribution in [0.15, 0.2) is 6.20 Å². The molecule has 15 heavy (non-hydrogen) atoms. The minimum atomic E-state index is -2.92. The monoisotopic (exact) mass is 216 g/mol. The molecular formula is C9H7F3N2O. The summed E-state index contributed by atoms with van der Waals surface area (Å²) >= 11 is 0. The molecule has 1 aromatic heterocycles. The Labute approximate surface area is 84.1 Å². The van der Waals surface area contributed by atoms with E-state index in [9.17, 15) is 13.2 Å². The molecule has 0 amide bonds.